The van der Waals surface area contributed by atoms with E-state index in [4.69, 9.17) is 9.84 Å². The average molecular weight is 595 g/mol. The van der Waals surface area contributed by atoms with E-state index in [1.54, 1.807) is 31.3 Å². The molecule has 3 atom stereocenters. The van der Waals surface area contributed by atoms with Gasteiger partial charge in [-0.3, -0.25) is 14.4 Å². The first-order valence-electron chi connectivity index (χ1n) is 15.2. The molecule has 0 aromatic heterocycles. The number of aromatic carboxylic acids is 1. The maximum Gasteiger partial charge on any atom is 0.335 e. The van der Waals surface area contributed by atoms with E-state index in [0.29, 0.717) is 25.7 Å². The molecule has 0 saturated heterocycles. The van der Waals surface area contributed by atoms with E-state index in [2.05, 4.69) is 17.6 Å². The zero-order chi connectivity index (χ0) is 32.4. The molecule has 2 amide bonds. The summed E-state index contributed by atoms with van der Waals surface area (Å²) in [6.45, 7) is 13.3. The third kappa shape index (κ3) is 11.5. The molecule has 0 fully saturated rings. The normalized spacial score (nSPS) is 13.9. The molecule has 0 spiro atoms. The highest BCUT2D eigenvalue weighted by Crippen LogP contribution is 2.28. The average Bonchev–Trinajstić information content (AvgIpc) is 2.93. The van der Waals surface area contributed by atoms with Crippen LogP contribution in [0.25, 0.3) is 11.1 Å². The molecule has 3 N–H and O–H groups in total. The molecule has 0 heterocycles. The molecule has 0 aliphatic heterocycles. The number of benzene rings is 2. The highest BCUT2D eigenvalue weighted by atomic mass is 16.6. The van der Waals surface area contributed by atoms with Crippen LogP contribution in [0, 0.1) is 17.3 Å². The lowest BCUT2D eigenvalue weighted by Crippen LogP contribution is -2.54. The SMILES string of the molecule is CCCC[C@@H](C[C@@H](CCc1ccc(-c2ccc(C(=O)O)cc2)cc1)C(=O)N[C@H](C(=O)NC)C(C)(C)C)C(=O)OC(C)(C)C. The molecule has 2 rings (SSSR count). The molecule has 8 nitrogen and oxygen atoms in total. The van der Waals surface area contributed by atoms with Gasteiger partial charge in [0.2, 0.25) is 11.8 Å². The van der Waals surface area contributed by atoms with Crippen LogP contribution in [0.5, 0.6) is 0 Å². The molecule has 0 aliphatic rings. The lowest BCUT2D eigenvalue weighted by molar-refractivity contribution is -0.161. The molecule has 43 heavy (non-hydrogen) atoms. The Hall–Kier alpha value is -3.68. The molecule has 8 heteroatoms. The number of carboxylic acids is 1. The summed E-state index contributed by atoms with van der Waals surface area (Å²) in [5.41, 5.74) is 1.99. The van der Waals surface area contributed by atoms with Crippen molar-refractivity contribution in [3.8, 4) is 11.1 Å². The van der Waals surface area contributed by atoms with Gasteiger partial charge in [-0.15, -0.1) is 0 Å². The largest absolute Gasteiger partial charge is 0.478 e. The smallest absolute Gasteiger partial charge is 0.335 e. The second kappa shape index (κ2) is 15.7. The molecular weight excluding hydrogens is 544 g/mol. The van der Waals surface area contributed by atoms with E-state index in [9.17, 15) is 19.2 Å². The maximum absolute atomic E-state index is 13.8. The fraction of sp³-hybridized carbons (Fsp3) is 0.543. The van der Waals surface area contributed by atoms with Crippen LogP contribution in [0.15, 0.2) is 48.5 Å². The summed E-state index contributed by atoms with van der Waals surface area (Å²) in [7, 11) is 1.55. The van der Waals surface area contributed by atoms with Crippen LogP contribution in [-0.2, 0) is 25.5 Å². The lowest BCUT2D eigenvalue weighted by atomic mass is 9.83. The zero-order valence-electron chi connectivity index (χ0n) is 27.1. The first-order valence-corrected chi connectivity index (χ1v) is 15.2. The Morgan fingerprint density at radius 1 is 0.814 bits per heavy atom. The van der Waals surface area contributed by atoms with Crippen LogP contribution in [-0.4, -0.2) is 47.6 Å². The van der Waals surface area contributed by atoms with Gasteiger partial charge >= 0.3 is 11.9 Å². The zero-order valence-corrected chi connectivity index (χ0v) is 27.1. The van der Waals surface area contributed by atoms with Crippen molar-refractivity contribution in [1.29, 1.82) is 0 Å². The van der Waals surface area contributed by atoms with Crippen molar-refractivity contribution >= 4 is 23.8 Å². The predicted molar refractivity (Wildman–Crippen MR) is 170 cm³/mol. The van der Waals surface area contributed by atoms with E-state index in [0.717, 1.165) is 29.5 Å². The van der Waals surface area contributed by atoms with Crippen molar-refractivity contribution in [2.24, 2.45) is 17.3 Å². The van der Waals surface area contributed by atoms with Crippen molar-refractivity contribution in [3.05, 3.63) is 59.7 Å². The number of ether oxygens (including phenoxy) is 1. The number of hydrogen-bond donors (Lipinski definition) is 3. The van der Waals surface area contributed by atoms with E-state index in [-0.39, 0.29) is 23.3 Å². The first kappa shape index (κ1) is 35.5. The maximum atomic E-state index is 13.8. The highest BCUT2D eigenvalue weighted by Gasteiger charge is 2.36. The van der Waals surface area contributed by atoms with Gasteiger partial charge in [0.1, 0.15) is 11.6 Å². The van der Waals surface area contributed by atoms with Gasteiger partial charge in [0, 0.05) is 13.0 Å². The van der Waals surface area contributed by atoms with Gasteiger partial charge in [0.25, 0.3) is 0 Å². The predicted octanol–water partition coefficient (Wildman–Crippen LogP) is 6.42. The van der Waals surface area contributed by atoms with Crippen LogP contribution >= 0.6 is 0 Å². The van der Waals surface area contributed by atoms with Gasteiger partial charge in [0.15, 0.2) is 0 Å². The second-order valence-corrected chi connectivity index (χ2v) is 13.3. The summed E-state index contributed by atoms with van der Waals surface area (Å²) in [6.07, 6.45) is 3.82. The first-order chi connectivity index (χ1) is 20.1. The fourth-order valence-electron chi connectivity index (χ4n) is 4.96. The van der Waals surface area contributed by atoms with Gasteiger partial charge in [-0.2, -0.15) is 0 Å². The number of nitrogens with one attached hydrogen (secondary N) is 2. The Labute approximate surface area is 257 Å². The molecule has 0 radical (unpaired) electrons. The Bertz CT molecular complexity index is 1220. The summed E-state index contributed by atoms with van der Waals surface area (Å²) >= 11 is 0. The van der Waals surface area contributed by atoms with Crippen molar-refractivity contribution in [1.82, 2.24) is 10.6 Å². The number of carbonyl (C=O) groups excluding carboxylic acids is 3. The Balaban J connectivity index is 2.30. The van der Waals surface area contributed by atoms with Gasteiger partial charge in [-0.05, 0) is 80.7 Å². The Kier molecular flexibility index (Phi) is 13.0. The van der Waals surface area contributed by atoms with Gasteiger partial charge < -0.3 is 20.5 Å². The number of carbonyl (C=O) groups is 4. The minimum Gasteiger partial charge on any atom is -0.478 e. The quantitative estimate of drug-likeness (QED) is 0.217. The number of hydrogen-bond acceptors (Lipinski definition) is 5. The molecule has 2 aromatic rings. The van der Waals surface area contributed by atoms with Crippen molar-refractivity contribution in [3.63, 3.8) is 0 Å². The van der Waals surface area contributed by atoms with Gasteiger partial charge in [-0.1, -0.05) is 76.9 Å². The molecule has 0 bridgehead atoms. The number of likely N-dealkylation sites (N-methyl/N-ethyl adjacent to an activating group) is 1. The van der Waals surface area contributed by atoms with E-state index in [1.165, 1.54) is 0 Å². The van der Waals surface area contributed by atoms with Crippen molar-refractivity contribution in [2.45, 2.75) is 98.6 Å². The number of rotatable bonds is 14. The molecule has 2 aromatic carbocycles. The molecule has 0 saturated carbocycles. The van der Waals surface area contributed by atoms with E-state index >= 15 is 0 Å². The van der Waals surface area contributed by atoms with E-state index in [1.807, 2.05) is 65.8 Å². The van der Waals surface area contributed by atoms with Crippen LogP contribution in [0.1, 0.15) is 96.5 Å². The summed E-state index contributed by atoms with van der Waals surface area (Å²) in [4.78, 5) is 50.9. The van der Waals surface area contributed by atoms with Gasteiger partial charge in [-0.25, -0.2) is 4.79 Å². The molecule has 0 aliphatic carbocycles. The molecular formula is C35H50N2O6. The van der Waals surface area contributed by atoms with Crippen LogP contribution in [0.3, 0.4) is 0 Å². The number of unbranched alkanes of at least 4 members (excludes halogenated alkanes) is 1. The topological polar surface area (TPSA) is 122 Å². The summed E-state index contributed by atoms with van der Waals surface area (Å²) in [6, 6.07) is 14.0. The summed E-state index contributed by atoms with van der Waals surface area (Å²) in [5.74, 6) is -2.71. The standard InChI is InChI=1S/C35H50N2O6/c1-9-10-11-28(33(42)43-35(5,6)7)22-27(30(38)37-29(31(39)36-8)34(2,3)4)17-14-23-12-15-24(16-13-23)25-18-20-26(21-19-25)32(40)41/h12-13,15-16,18-21,27-29H,9-11,14,17,22H2,1-8H3,(H,36,39)(H,37,38)(H,40,41)/t27-,28+,29-/m1/s1. The third-order valence-electron chi connectivity index (χ3n) is 7.45. The van der Waals surface area contributed by atoms with E-state index < -0.39 is 34.9 Å². The lowest BCUT2D eigenvalue weighted by Gasteiger charge is -2.32. The minimum atomic E-state index is -0.965. The fourth-order valence-corrected chi connectivity index (χ4v) is 4.96. The van der Waals surface area contributed by atoms with Crippen LogP contribution < -0.4 is 10.6 Å². The Morgan fingerprint density at radius 2 is 1.37 bits per heavy atom. The van der Waals surface area contributed by atoms with Crippen LogP contribution in [0.4, 0.5) is 0 Å². The highest BCUT2D eigenvalue weighted by molar-refractivity contribution is 5.89. The number of carboxylic acid groups (broad SMARTS) is 1. The van der Waals surface area contributed by atoms with Gasteiger partial charge in [0.05, 0.1) is 11.5 Å². The molecule has 0 unspecified atom stereocenters. The number of aryl methyl sites for hydroxylation is 1. The summed E-state index contributed by atoms with van der Waals surface area (Å²) < 4.78 is 5.74. The second-order valence-electron chi connectivity index (χ2n) is 13.3. The third-order valence-corrected chi connectivity index (χ3v) is 7.45. The monoisotopic (exact) mass is 594 g/mol. The molecule has 236 valence electrons. The minimum absolute atomic E-state index is 0.235. The van der Waals surface area contributed by atoms with Crippen molar-refractivity contribution in [2.75, 3.05) is 7.05 Å². The number of amides is 2. The summed E-state index contributed by atoms with van der Waals surface area (Å²) in [5, 5.41) is 14.8. The van der Waals surface area contributed by atoms with Crippen molar-refractivity contribution < 1.29 is 29.0 Å². The van der Waals surface area contributed by atoms with Crippen LogP contribution in [0.2, 0.25) is 0 Å². The Morgan fingerprint density at radius 3 is 1.84 bits per heavy atom. The number of esters is 1.